The molecule has 12 N–H and O–H groups in total. The number of fused-ring (bicyclic) bond motifs is 3. The maximum atomic E-state index is 13.3. The Bertz CT molecular complexity index is 5230. The summed E-state index contributed by atoms with van der Waals surface area (Å²) in [5.41, 5.74) is 6.97. The normalized spacial score (nSPS) is 14.5. The Balaban J connectivity index is 0.000000184. The average Bonchev–Trinajstić information content (AvgIpc) is 1.60. The Kier molecular flexibility index (Phi) is 29.2. The number of piperidine rings is 1. The fourth-order valence-electron chi connectivity index (χ4n) is 13.8. The molecular formula is C84H89N15O17. The van der Waals surface area contributed by atoms with Crippen LogP contribution in [0.3, 0.4) is 0 Å². The Hall–Kier alpha value is -14.3. The number of Topliss-reactive ketones (excluding diaryl/α,β-unsaturated/α-hetero) is 3. The number of aliphatic carboxylic acids is 3. The van der Waals surface area contributed by atoms with Crippen molar-refractivity contribution in [1.29, 1.82) is 0 Å². The number of carbonyl (C=O) groups is 14. The molecule has 3 fully saturated rings. The molecule has 6 aromatic carbocycles. The quantitative estimate of drug-likeness (QED) is 0.0104. The van der Waals surface area contributed by atoms with Crippen LogP contribution >= 0.6 is 0 Å². The highest BCUT2D eigenvalue weighted by atomic mass is 16.4. The van der Waals surface area contributed by atoms with Gasteiger partial charge in [0.25, 0.3) is 46.9 Å². The number of nitrogens with one attached hydrogen (secondary N) is 9. The lowest BCUT2D eigenvalue weighted by molar-refractivity contribution is -0.138. The molecule has 0 bridgehead atoms. The first-order chi connectivity index (χ1) is 55.9. The van der Waals surface area contributed by atoms with Gasteiger partial charge in [-0.2, -0.15) is 0 Å². The van der Waals surface area contributed by atoms with Gasteiger partial charge in [0, 0.05) is 149 Å². The van der Waals surface area contributed by atoms with Gasteiger partial charge in [0.1, 0.15) is 0 Å². The molecule has 0 aliphatic carbocycles. The third-order valence-electron chi connectivity index (χ3n) is 19.8. The van der Waals surface area contributed by atoms with Crippen LogP contribution in [0.5, 0.6) is 0 Å². The topological polar surface area (TPSA) is 440 Å². The Morgan fingerprint density at radius 1 is 0.397 bits per heavy atom. The summed E-state index contributed by atoms with van der Waals surface area (Å²) in [5.74, 6) is -6.82. The van der Waals surface area contributed by atoms with Gasteiger partial charge in [0.15, 0.2) is 5.70 Å². The van der Waals surface area contributed by atoms with Crippen molar-refractivity contribution in [3.63, 3.8) is 0 Å². The van der Waals surface area contributed by atoms with Crippen LogP contribution in [0.1, 0.15) is 135 Å². The molecule has 0 radical (unpaired) electrons. The SMILES string of the molecule is C[C@@H]1CN(C(=O)c2ccccc2)CCN1C(=O)C(=O)c1c[nH]c2c(NC(=O)NCCCC(=O)O)cccc12.C[C@@H]1CN(C(=O)c2ccccc2)CCN1C(=O)C(=O)c1c[nH]c2c(NC(=O)NCCCCCC(=O)O)cccc12.[C-]#[N+]C(=C1CCN(C(=O)C(=O)c2c[nH]c3c(NC(=O)NCCCC(=O)O)cccc23)CC1)c1ccccc1. The van der Waals surface area contributed by atoms with E-state index < -0.39 is 71.1 Å². The van der Waals surface area contributed by atoms with Gasteiger partial charge >= 0.3 is 36.0 Å². The second kappa shape index (κ2) is 40.3. The van der Waals surface area contributed by atoms with E-state index in [-0.39, 0.29) is 86.0 Å². The molecule has 32 heteroatoms. The number of benzene rings is 6. The van der Waals surface area contributed by atoms with Crippen LogP contribution in [-0.4, -0.2) is 222 Å². The highest BCUT2D eigenvalue weighted by Gasteiger charge is 2.37. The number of urea groups is 3. The number of rotatable bonds is 26. The van der Waals surface area contributed by atoms with Gasteiger partial charge in [-0.1, -0.05) is 115 Å². The number of nitrogens with zero attached hydrogens (tertiary/aromatic N) is 6. The third-order valence-corrected chi connectivity index (χ3v) is 19.8. The van der Waals surface area contributed by atoms with Crippen molar-refractivity contribution in [2.24, 2.45) is 0 Å². The smallest absolute Gasteiger partial charge is 0.319 e. The molecule has 3 aliphatic rings. The first-order valence-electron chi connectivity index (χ1n) is 37.9. The van der Waals surface area contributed by atoms with E-state index in [1.807, 2.05) is 56.3 Å². The minimum Gasteiger partial charge on any atom is -0.481 e. The van der Waals surface area contributed by atoms with E-state index in [0.29, 0.717) is 157 Å². The number of hydrogen-bond donors (Lipinski definition) is 12. The first-order valence-corrected chi connectivity index (χ1v) is 37.9. The third kappa shape index (κ3) is 21.7. The van der Waals surface area contributed by atoms with E-state index in [4.69, 9.17) is 21.9 Å². The molecule has 3 saturated heterocycles. The number of aromatic nitrogens is 3. The summed E-state index contributed by atoms with van der Waals surface area (Å²) in [4.78, 5) is 194. The molecule has 0 saturated carbocycles. The van der Waals surface area contributed by atoms with Crippen molar-refractivity contribution in [2.75, 3.05) is 87.9 Å². The molecule has 6 heterocycles. The van der Waals surface area contributed by atoms with Gasteiger partial charge < -0.3 is 86.7 Å². The number of unbranched alkanes of at least 4 members (excludes halogenated alkanes) is 2. The second-order valence-corrected chi connectivity index (χ2v) is 27.8. The van der Waals surface area contributed by atoms with Crippen molar-refractivity contribution in [2.45, 2.75) is 90.1 Å². The van der Waals surface area contributed by atoms with Gasteiger partial charge in [0.05, 0.1) is 56.9 Å². The predicted molar refractivity (Wildman–Crippen MR) is 432 cm³/mol. The zero-order chi connectivity index (χ0) is 83.0. The Labute approximate surface area is 665 Å². The Morgan fingerprint density at radius 2 is 0.741 bits per heavy atom. The number of carboxylic acids is 3. The molecule has 3 aromatic heterocycles. The Morgan fingerprint density at radius 3 is 1.09 bits per heavy atom. The van der Waals surface area contributed by atoms with Crippen LogP contribution in [0, 0.1) is 6.57 Å². The largest absolute Gasteiger partial charge is 0.481 e. The molecule has 116 heavy (non-hydrogen) atoms. The maximum Gasteiger partial charge on any atom is 0.319 e. The number of aromatic amines is 3. The summed E-state index contributed by atoms with van der Waals surface area (Å²) in [6, 6.07) is 40.3. The zero-order valence-corrected chi connectivity index (χ0v) is 63.8. The molecule has 0 unspecified atom stereocenters. The second-order valence-electron chi connectivity index (χ2n) is 27.8. The minimum atomic E-state index is -0.938. The summed E-state index contributed by atoms with van der Waals surface area (Å²) in [7, 11) is 0. The van der Waals surface area contributed by atoms with E-state index in [2.05, 4.69) is 51.7 Å². The molecule has 2 atom stereocenters. The number of H-pyrrole nitrogens is 3. The van der Waals surface area contributed by atoms with Crippen molar-refractivity contribution >= 4 is 138 Å². The lowest BCUT2D eigenvalue weighted by Gasteiger charge is -2.39. The fraction of sp³-hybridized carbons (Fsp3) is 0.298. The van der Waals surface area contributed by atoms with Crippen molar-refractivity contribution in [3.05, 3.63) is 215 Å². The van der Waals surface area contributed by atoms with Gasteiger partial charge in [-0.25, -0.2) is 19.2 Å². The number of carboxylic acid groups (broad SMARTS) is 3. The molecular weight excluding hydrogens is 1490 g/mol. The molecule has 602 valence electrons. The summed E-state index contributed by atoms with van der Waals surface area (Å²) >= 11 is 0. The molecule has 3 aliphatic heterocycles. The van der Waals surface area contributed by atoms with E-state index in [0.717, 1.165) is 11.1 Å². The number of hydrogen-bond acceptors (Lipinski definition) is 14. The van der Waals surface area contributed by atoms with Crippen molar-refractivity contribution in [1.82, 2.24) is 55.4 Å². The van der Waals surface area contributed by atoms with E-state index in [1.54, 1.807) is 113 Å². The number of anilines is 3. The van der Waals surface area contributed by atoms with Crippen LogP contribution in [0.2, 0.25) is 0 Å². The van der Waals surface area contributed by atoms with Crippen molar-refractivity contribution in [3.8, 4) is 0 Å². The lowest BCUT2D eigenvalue weighted by Crippen LogP contribution is -2.56. The van der Waals surface area contributed by atoms with Crippen LogP contribution < -0.4 is 31.9 Å². The number of carbonyl (C=O) groups excluding carboxylic acids is 11. The van der Waals surface area contributed by atoms with Crippen LogP contribution in [0.15, 0.2) is 170 Å². The van der Waals surface area contributed by atoms with Crippen LogP contribution in [-0.2, 0) is 28.8 Å². The molecule has 12 rings (SSSR count). The summed E-state index contributed by atoms with van der Waals surface area (Å²) < 4.78 is 0. The average molecular weight is 1580 g/mol. The standard InChI is InChI=1S/C29H33N5O6.C28H27N5O5.C27H29N5O6/c1-19-18-33(27(38)20-9-4-2-5-10-20)15-16-34(19)28(39)26(37)22-17-31-25-21(22)11-8-12-23(25)32-29(40)30-14-7-3-6-13-24(35)36;1-29-24(18-7-3-2-4-8-18)19-12-15-33(16-13-19)27(37)26(36)21-17-31-25-20(21)9-5-10-22(25)32-28(38)30-14-6-11-23(34)35;1-17-16-31(25(36)18-7-3-2-4-8-18)13-14-32(17)26(37)24(35)20-15-29-23-19(20)9-5-10-21(23)30-27(38)28-12-6-11-22(33)34/h2,4-5,8-12,17,19,31H,3,6-7,13-16,18H2,1H3,(H,35,36)(H2,30,32,40);2-5,7-10,17,31H,6,11-16H2,(H,34,35)(H2,30,32,38);2-5,7-10,15,17,29H,6,11-14,16H2,1H3,(H,33,34)(H2,28,30,38)/t19-;;17-/m1.1/s1. The van der Waals surface area contributed by atoms with Crippen molar-refractivity contribution < 1.29 is 82.4 Å². The fourth-order valence-corrected chi connectivity index (χ4v) is 13.8. The predicted octanol–water partition coefficient (Wildman–Crippen LogP) is 10.5. The van der Waals surface area contributed by atoms with E-state index in [1.165, 1.54) is 33.3 Å². The van der Waals surface area contributed by atoms with Crippen LogP contribution in [0.25, 0.3) is 43.3 Å². The van der Waals surface area contributed by atoms with Gasteiger partial charge in [-0.05, 0) is 100 Å². The maximum absolute atomic E-state index is 13.3. The molecule has 9 aromatic rings. The van der Waals surface area contributed by atoms with Crippen LogP contribution in [0.4, 0.5) is 31.4 Å². The summed E-state index contributed by atoms with van der Waals surface area (Å²) in [6.07, 6.45) is 7.92. The number of piperazine rings is 2. The highest BCUT2D eigenvalue weighted by molar-refractivity contribution is 6.46. The summed E-state index contributed by atoms with van der Waals surface area (Å²) in [6.45, 7) is 14.5. The first kappa shape index (κ1) is 84.2. The van der Waals surface area contributed by atoms with Gasteiger partial charge in [-0.3, -0.25) is 52.7 Å². The molecule has 32 nitrogen and oxygen atoms in total. The molecule has 0 spiro atoms. The van der Waals surface area contributed by atoms with Gasteiger partial charge in [-0.15, -0.1) is 0 Å². The zero-order valence-electron chi connectivity index (χ0n) is 63.8. The number of ketones is 3. The lowest BCUT2D eigenvalue weighted by atomic mass is 9.97. The van der Waals surface area contributed by atoms with E-state index >= 15 is 0 Å². The van der Waals surface area contributed by atoms with E-state index in [9.17, 15) is 67.1 Å². The minimum absolute atomic E-state index is 0.0473. The summed E-state index contributed by atoms with van der Waals surface area (Å²) in [5, 5.41) is 43.6. The monoisotopic (exact) mass is 1580 g/mol. The van der Waals surface area contributed by atoms with Gasteiger partial charge in [0.2, 0.25) is 0 Å². The number of amides is 11. The highest BCUT2D eigenvalue weighted by Crippen LogP contribution is 2.33. The molecule has 11 amide bonds. The number of para-hydroxylation sites is 3. The number of likely N-dealkylation sites (tertiary alicyclic amines) is 1.